The molecule has 2 amide bonds. The number of carbonyl (C=O) groups excluding carboxylic acids is 3. The third-order valence-corrected chi connectivity index (χ3v) is 6.39. The first kappa shape index (κ1) is 24.1. The molecule has 35 heavy (non-hydrogen) atoms. The van der Waals surface area contributed by atoms with Gasteiger partial charge in [-0.1, -0.05) is 24.1 Å². The van der Waals surface area contributed by atoms with Crippen LogP contribution in [0, 0.1) is 11.8 Å². The molecular weight excluding hydrogens is 450 g/mol. The highest BCUT2D eigenvalue weighted by atomic mass is 16.5. The maximum absolute atomic E-state index is 13.6. The molecule has 9 heteroatoms. The molecule has 1 atom stereocenters. The molecule has 1 aromatic carbocycles. The van der Waals surface area contributed by atoms with E-state index in [9.17, 15) is 19.2 Å². The number of nitrogens with zero attached hydrogens (tertiary/aromatic N) is 3. The first-order chi connectivity index (χ1) is 16.9. The Bertz CT molecular complexity index is 1260. The molecule has 1 saturated heterocycles. The van der Waals surface area contributed by atoms with Gasteiger partial charge >= 0.3 is 5.97 Å². The molecule has 0 N–H and O–H groups in total. The smallest absolute Gasteiger partial charge is 0.328 e. The monoisotopic (exact) mass is 477 g/mol. The van der Waals surface area contributed by atoms with Gasteiger partial charge in [0.1, 0.15) is 17.4 Å². The zero-order valence-electron chi connectivity index (χ0n) is 19.8. The Hall–Kier alpha value is -4.06. The quantitative estimate of drug-likeness (QED) is 0.485. The molecule has 2 aliphatic heterocycles. The van der Waals surface area contributed by atoms with Crippen molar-refractivity contribution in [3.63, 3.8) is 0 Å². The highest BCUT2D eigenvalue weighted by Gasteiger charge is 2.38. The summed E-state index contributed by atoms with van der Waals surface area (Å²) >= 11 is 0. The van der Waals surface area contributed by atoms with Crippen LogP contribution in [0.2, 0.25) is 0 Å². The number of pyridine rings is 1. The van der Waals surface area contributed by atoms with E-state index in [2.05, 4.69) is 11.8 Å². The van der Waals surface area contributed by atoms with Gasteiger partial charge in [-0.15, -0.1) is 0 Å². The van der Waals surface area contributed by atoms with Crippen LogP contribution in [0.4, 0.5) is 0 Å². The maximum atomic E-state index is 13.6. The molecule has 1 aromatic heterocycles. The zero-order chi connectivity index (χ0) is 24.9. The van der Waals surface area contributed by atoms with E-state index in [1.54, 1.807) is 4.90 Å². The molecule has 0 spiro atoms. The second-order valence-electron chi connectivity index (χ2n) is 8.36. The van der Waals surface area contributed by atoms with Gasteiger partial charge in [0.15, 0.2) is 0 Å². The lowest BCUT2D eigenvalue weighted by atomic mass is 10.1. The Morgan fingerprint density at radius 1 is 1.03 bits per heavy atom. The highest BCUT2D eigenvalue weighted by molar-refractivity contribution is 6.00. The number of ether oxygens (including phenoxy) is 2. The van der Waals surface area contributed by atoms with Gasteiger partial charge < -0.3 is 23.8 Å². The summed E-state index contributed by atoms with van der Waals surface area (Å²) in [4.78, 5) is 54.6. The van der Waals surface area contributed by atoms with Crippen molar-refractivity contribution in [3.8, 4) is 17.6 Å². The molecule has 0 radical (unpaired) electrons. The van der Waals surface area contributed by atoms with Crippen LogP contribution >= 0.6 is 0 Å². The summed E-state index contributed by atoms with van der Waals surface area (Å²) < 4.78 is 11.8. The minimum atomic E-state index is -0.679. The lowest BCUT2D eigenvalue weighted by molar-refractivity contribution is -0.145. The highest BCUT2D eigenvalue weighted by Crippen LogP contribution is 2.28. The molecule has 3 heterocycles. The average molecular weight is 478 g/mol. The molecule has 2 aliphatic rings. The van der Waals surface area contributed by atoms with Crippen LogP contribution in [-0.4, -0.2) is 72.0 Å². The Labute approximate surface area is 203 Å². The van der Waals surface area contributed by atoms with Crippen molar-refractivity contribution in [2.75, 3.05) is 33.9 Å². The van der Waals surface area contributed by atoms with Crippen LogP contribution in [0.5, 0.6) is 5.75 Å². The summed E-state index contributed by atoms with van der Waals surface area (Å²) in [5.41, 5.74) is 1.15. The Balaban J connectivity index is 1.63. The number of aromatic nitrogens is 1. The molecule has 2 aromatic rings. The summed E-state index contributed by atoms with van der Waals surface area (Å²) in [7, 11) is 2.69. The second kappa shape index (κ2) is 10.5. The van der Waals surface area contributed by atoms with Gasteiger partial charge in [0.05, 0.1) is 14.2 Å². The van der Waals surface area contributed by atoms with Gasteiger partial charge in [-0.3, -0.25) is 14.4 Å². The van der Waals surface area contributed by atoms with Crippen molar-refractivity contribution in [3.05, 3.63) is 63.6 Å². The van der Waals surface area contributed by atoms with E-state index in [4.69, 9.17) is 9.47 Å². The number of hydrogen-bond acceptors (Lipinski definition) is 6. The number of amides is 2. The fraction of sp³-hybridized carbons (Fsp3) is 0.385. The molecule has 0 bridgehead atoms. The van der Waals surface area contributed by atoms with Gasteiger partial charge in [-0.05, 0) is 25.0 Å². The lowest BCUT2D eigenvalue weighted by Crippen LogP contribution is -2.42. The molecule has 0 aliphatic carbocycles. The molecule has 182 valence electrons. The van der Waals surface area contributed by atoms with Crippen molar-refractivity contribution in [2.45, 2.75) is 31.8 Å². The number of hydrogen-bond donors (Lipinski definition) is 0. The van der Waals surface area contributed by atoms with Crippen molar-refractivity contribution >= 4 is 17.8 Å². The van der Waals surface area contributed by atoms with E-state index in [0.29, 0.717) is 25.1 Å². The van der Waals surface area contributed by atoms with Crippen molar-refractivity contribution in [2.24, 2.45) is 0 Å². The first-order valence-corrected chi connectivity index (χ1v) is 11.5. The van der Waals surface area contributed by atoms with E-state index in [1.807, 2.05) is 30.3 Å². The lowest BCUT2D eigenvalue weighted by Gasteiger charge is -2.25. The van der Waals surface area contributed by atoms with Crippen molar-refractivity contribution in [1.29, 1.82) is 0 Å². The predicted octanol–water partition coefficient (Wildman–Crippen LogP) is 1.07. The number of methoxy groups -OCH3 is 2. The normalized spacial score (nSPS) is 17.0. The van der Waals surface area contributed by atoms with Crippen LogP contribution in [-0.2, 0) is 27.3 Å². The van der Waals surface area contributed by atoms with Crippen LogP contribution < -0.4 is 10.3 Å². The number of fused-ring (bicyclic) bond motifs is 1. The Morgan fingerprint density at radius 2 is 1.80 bits per heavy atom. The van der Waals surface area contributed by atoms with Gasteiger partial charge in [0.25, 0.3) is 17.4 Å². The number of likely N-dealkylation sites (tertiary alicyclic amines) is 1. The molecule has 9 nitrogen and oxygen atoms in total. The van der Waals surface area contributed by atoms with Crippen LogP contribution in [0.3, 0.4) is 0 Å². The SMILES string of the molecule is COC(=O)[C@@H]1CCCN1C(=O)c1c(OC)cc(=O)n2c1CCN(C(=O)C#Cc1ccccc1)CC2. The van der Waals surface area contributed by atoms with E-state index < -0.39 is 12.0 Å². The predicted molar refractivity (Wildman–Crippen MR) is 127 cm³/mol. The number of carbonyl (C=O) groups is 3. The van der Waals surface area contributed by atoms with Crippen LogP contribution in [0.25, 0.3) is 0 Å². The van der Waals surface area contributed by atoms with E-state index in [0.717, 1.165) is 5.56 Å². The minimum Gasteiger partial charge on any atom is -0.496 e. The Kier molecular flexibility index (Phi) is 7.20. The van der Waals surface area contributed by atoms with Gasteiger partial charge in [0.2, 0.25) is 0 Å². The topological polar surface area (TPSA) is 98.2 Å². The maximum Gasteiger partial charge on any atom is 0.328 e. The summed E-state index contributed by atoms with van der Waals surface area (Å²) in [6.45, 7) is 1.19. The number of esters is 1. The fourth-order valence-electron chi connectivity index (χ4n) is 4.60. The summed E-state index contributed by atoms with van der Waals surface area (Å²) in [6.07, 6.45) is 1.45. The fourth-order valence-corrected chi connectivity index (χ4v) is 4.60. The van der Waals surface area contributed by atoms with Crippen LogP contribution in [0.1, 0.15) is 34.5 Å². The van der Waals surface area contributed by atoms with Crippen molar-refractivity contribution in [1.82, 2.24) is 14.4 Å². The summed E-state index contributed by atoms with van der Waals surface area (Å²) in [5.74, 6) is 4.49. The average Bonchev–Trinajstić information content (AvgIpc) is 3.27. The van der Waals surface area contributed by atoms with Gasteiger partial charge in [-0.2, -0.15) is 0 Å². The largest absolute Gasteiger partial charge is 0.496 e. The van der Waals surface area contributed by atoms with Crippen LogP contribution in [0.15, 0.2) is 41.2 Å². The van der Waals surface area contributed by atoms with E-state index in [-0.39, 0.29) is 54.7 Å². The summed E-state index contributed by atoms with van der Waals surface area (Å²) in [5, 5.41) is 0. The standard InChI is InChI=1S/C26H27N3O6/c1-34-21-17-23(31)28-16-15-27(22(30)11-10-18-7-4-3-5-8-18)14-12-19(28)24(21)25(32)29-13-6-9-20(29)26(33)35-2/h3-5,7-8,17,20H,6,9,12-16H2,1-2H3/t20-/m0/s1. The third kappa shape index (κ3) is 4.92. The zero-order valence-corrected chi connectivity index (χ0v) is 19.8. The summed E-state index contributed by atoms with van der Waals surface area (Å²) in [6, 6.07) is 9.82. The van der Waals surface area contributed by atoms with Gasteiger partial charge in [-0.25, -0.2) is 4.79 Å². The minimum absolute atomic E-state index is 0.158. The van der Waals surface area contributed by atoms with Gasteiger partial charge in [0, 0.05) is 55.8 Å². The molecule has 0 unspecified atom stereocenters. The molecule has 0 saturated carbocycles. The molecule has 1 fully saturated rings. The van der Waals surface area contributed by atoms with E-state index >= 15 is 0 Å². The second-order valence-corrected chi connectivity index (χ2v) is 8.36. The van der Waals surface area contributed by atoms with E-state index in [1.165, 1.54) is 29.8 Å². The van der Waals surface area contributed by atoms with Crippen molar-refractivity contribution < 1.29 is 23.9 Å². The first-order valence-electron chi connectivity index (χ1n) is 11.5. The Morgan fingerprint density at radius 3 is 2.51 bits per heavy atom. The molecular formula is C26H27N3O6. The number of benzene rings is 1. The third-order valence-electron chi connectivity index (χ3n) is 6.39. The number of rotatable bonds is 3. The molecule has 4 rings (SSSR count).